The normalized spacial score (nSPS) is 14.0. The standard InChI is InChI=1S/C132H80N6/c1-4-34-82(35-5-1)90-72-74-105(128-136-124(84-38-8-3-9-39-84)135-126(138-128)103-51-13-10-40-89(103)88-70-77-120-122(80-88)132(113-58-28-20-49-101(113)102-50-21-29-59-114(102)132)118-63-33-31-61-116(118)130(120)109-54-24-16-45-97(109)98-46-17-25-55-110(98)130)94-71-68-87(78-106(90)94)91-73-75-104(93-42-12-11-41-92(91)93)127-134-123(83-36-6-2-7-37-83)133-125(137-127)85-66-64-81(65-67-85)86-69-76-119-121(79-86)131(111-56-26-18-47-99(111)100-48-19-27-57-112(100)131)117-62-32-30-60-115(117)129(119)107-52-22-14-43-95(107)96-44-15-23-53-108(96)129/h1-80H. The molecular formula is C132H80N6. The molecule has 6 aliphatic carbocycles. The smallest absolute Gasteiger partial charge is 0.164 e. The molecule has 2 aromatic heterocycles. The van der Waals surface area contributed by atoms with Crippen LogP contribution in [0.5, 0.6) is 0 Å². The Morgan fingerprint density at radius 1 is 0.101 bits per heavy atom. The molecule has 6 heteroatoms. The summed E-state index contributed by atoms with van der Waals surface area (Å²) in [4.78, 5) is 33.2. The molecule has 0 saturated carbocycles. The molecule has 638 valence electrons. The largest absolute Gasteiger partial charge is 0.208 e. The van der Waals surface area contributed by atoms with E-state index in [1.165, 1.54) is 134 Å². The van der Waals surface area contributed by atoms with Crippen LogP contribution in [0.4, 0.5) is 0 Å². The van der Waals surface area contributed by atoms with E-state index in [-0.39, 0.29) is 0 Å². The molecule has 6 nitrogen and oxygen atoms in total. The minimum atomic E-state index is -0.688. The van der Waals surface area contributed by atoms with Gasteiger partial charge in [0, 0.05) is 33.4 Å². The molecule has 0 atom stereocenters. The van der Waals surface area contributed by atoms with Gasteiger partial charge in [0.1, 0.15) is 0 Å². The lowest BCUT2D eigenvalue weighted by Crippen LogP contribution is -2.43. The van der Waals surface area contributed by atoms with Crippen molar-refractivity contribution in [3.8, 4) is 157 Å². The highest BCUT2D eigenvalue weighted by molar-refractivity contribution is 6.10. The van der Waals surface area contributed by atoms with Gasteiger partial charge in [-0.05, 0) is 230 Å². The first-order chi connectivity index (χ1) is 68.4. The topological polar surface area (TPSA) is 77.3 Å². The van der Waals surface area contributed by atoms with Gasteiger partial charge in [0.05, 0.1) is 21.7 Å². The lowest BCUT2D eigenvalue weighted by atomic mass is 9.52. The van der Waals surface area contributed by atoms with Crippen LogP contribution >= 0.6 is 0 Å². The number of benzene rings is 21. The van der Waals surface area contributed by atoms with Gasteiger partial charge in [0.15, 0.2) is 34.9 Å². The average molecular weight is 1750 g/mol. The second-order valence-corrected chi connectivity index (χ2v) is 37.4. The van der Waals surface area contributed by atoms with Crippen molar-refractivity contribution in [1.82, 2.24) is 29.9 Å². The molecule has 0 bridgehead atoms. The number of nitrogens with zero attached hydrogens (tertiary/aromatic N) is 6. The molecule has 0 N–H and O–H groups in total. The summed E-state index contributed by atoms with van der Waals surface area (Å²) >= 11 is 0. The quantitative estimate of drug-likeness (QED) is 0.136. The van der Waals surface area contributed by atoms with E-state index in [1.807, 2.05) is 24.3 Å². The zero-order valence-corrected chi connectivity index (χ0v) is 74.9. The van der Waals surface area contributed by atoms with Crippen molar-refractivity contribution in [2.75, 3.05) is 0 Å². The summed E-state index contributed by atoms with van der Waals surface area (Å²) in [6.45, 7) is 0. The van der Waals surface area contributed by atoms with Crippen LogP contribution in [0, 0.1) is 0 Å². The van der Waals surface area contributed by atoms with Crippen molar-refractivity contribution >= 4 is 21.5 Å². The fraction of sp³-hybridized carbons (Fsp3) is 0.0303. The van der Waals surface area contributed by atoms with Crippen LogP contribution in [0.15, 0.2) is 485 Å². The highest BCUT2D eigenvalue weighted by Gasteiger charge is 2.61. The molecule has 0 amide bonds. The third-order valence-corrected chi connectivity index (χ3v) is 31.0. The van der Waals surface area contributed by atoms with Gasteiger partial charge in [-0.25, -0.2) is 29.9 Å². The zero-order valence-electron chi connectivity index (χ0n) is 74.9. The van der Waals surface area contributed by atoms with Crippen LogP contribution in [-0.2, 0) is 21.7 Å². The minimum Gasteiger partial charge on any atom is -0.208 e. The van der Waals surface area contributed by atoms with Gasteiger partial charge < -0.3 is 0 Å². The van der Waals surface area contributed by atoms with E-state index in [4.69, 9.17) is 29.9 Å². The van der Waals surface area contributed by atoms with Gasteiger partial charge >= 0.3 is 0 Å². The van der Waals surface area contributed by atoms with Gasteiger partial charge in [-0.1, -0.05) is 455 Å². The Bertz CT molecular complexity index is 8930. The molecule has 138 heavy (non-hydrogen) atoms. The number of rotatable bonds is 10. The zero-order chi connectivity index (χ0) is 90.5. The van der Waals surface area contributed by atoms with Crippen LogP contribution in [0.25, 0.3) is 179 Å². The Kier molecular flexibility index (Phi) is 16.8. The SMILES string of the molecule is c1ccc(-c2nc(-c3ccc(-c4ccc5c(c4)C4(c6ccccc6-c6ccccc64)c4ccccc4C54c5ccccc5-c5ccccc54)cc3)nc(-c3ccc(-c4ccc5c(-c6nc(-c7ccccc7)nc(-c7ccccc7-c7ccc8c(c7)C7(c9ccccc9-c9ccccc97)c7ccccc7C87c8ccccc8-c8ccccc87)n6)ccc(-c6ccccc6)c5c4)c4ccccc34)n2)cc1. The first-order valence-electron chi connectivity index (χ1n) is 47.7. The van der Waals surface area contributed by atoms with E-state index >= 15 is 0 Å². The van der Waals surface area contributed by atoms with E-state index in [0.29, 0.717) is 34.9 Å². The maximum atomic E-state index is 5.75. The third-order valence-electron chi connectivity index (χ3n) is 31.0. The molecule has 4 spiro atoms. The van der Waals surface area contributed by atoms with E-state index in [2.05, 4.69) is 461 Å². The Labute approximate surface area is 799 Å². The summed E-state index contributed by atoms with van der Waals surface area (Å²) in [5, 5.41) is 4.13. The summed E-state index contributed by atoms with van der Waals surface area (Å²) in [6.07, 6.45) is 0. The number of fused-ring (bicyclic) bond motifs is 34. The fourth-order valence-corrected chi connectivity index (χ4v) is 25.6. The lowest BCUT2D eigenvalue weighted by molar-refractivity contribution is 0.633. The van der Waals surface area contributed by atoms with Crippen LogP contribution in [0.1, 0.15) is 89.0 Å². The number of aromatic nitrogens is 6. The predicted molar refractivity (Wildman–Crippen MR) is 559 cm³/mol. The highest BCUT2D eigenvalue weighted by atomic mass is 15.0. The summed E-state index contributed by atoms with van der Waals surface area (Å²) < 4.78 is 0. The summed E-state index contributed by atoms with van der Waals surface area (Å²) in [6, 6.07) is 180. The minimum absolute atomic E-state index is 0.566. The molecule has 0 aliphatic heterocycles. The van der Waals surface area contributed by atoms with E-state index in [0.717, 1.165) is 99.4 Å². The Morgan fingerprint density at radius 2 is 0.326 bits per heavy atom. The van der Waals surface area contributed by atoms with Crippen LogP contribution in [0.2, 0.25) is 0 Å². The first kappa shape index (κ1) is 77.7. The van der Waals surface area contributed by atoms with E-state index in [9.17, 15) is 0 Å². The molecular weight excluding hydrogens is 1670 g/mol. The average Bonchev–Trinajstić information content (AvgIpc) is 1.46. The third kappa shape index (κ3) is 10.7. The Balaban J connectivity index is 0.559. The van der Waals surface area contributed by atoms with Gasteiger partial charge in [-0.3, -0.25) is 0 Å². The molecule has 0 saturated heterocycles. The summed E-state index contributed by atoms with van der Waals surface area (Å²) in [5.74, 6) is 3.46. The van der Waals surface area contributed by atoms with Crippen molar-refractivity contribution < 1.29 is 0 Å². The molecule has 6 aliphatic rings. The van der Waals surface area contributed by atoms with Gasteiger partial charge in [0.2, 0.25) is 0 Å². The predicted octanol–water partition coefficient (Wildman–Crippen LogP) is 31.1. The van der Waals surface area contributed by atoms with Gasteiger partial charge in [-0.15, -0.1) is 0 Å². The second-order valence-electron chi connectivity index (χ2n) is 37.4. The molecule has 0 fully saturated rings. The fourth-order valence-electron chi connectivity index (χ4n) is 25.6. The maximum absolute atomic E-state index is 5.75. The monoisotopic (exact) mass is 1750 g/mol. The molecule has 29 rings (SSSR count). The van der Waals surface area contributed by atoms with Crippen LogP contribution < -0.4 is 0 Å². The van der Waals surface area contributed by atoms with Crippen LogP contribution in [0.3, 0.4) is 0 Å². The maximum Gasteiger partial charge on any atom is 0.164 e. The Morgan fingerprint density at radius 3 is 0.717 bits per heavy atom. The highest BCUT2D eigenvalue weighted by Crippen LogP contribution is 2.71. The second kappa shape index (κ2) is 29.8. The summed E-state index contributed by atoms with van der Waals surface area (Å²) in [7, 11) is 0. The Hall–Kier alpha value is -17.8. The van der Waals surface area contributed by atoms with Crippen molar-refractivity contribution in [1.29, 1.82) is 0 Å². The lowest BCUT2D eigenvalue weighted by Gasteiger charge is -2.49. The van der Waals surface area contributed by atoms with E-state index < -0.39 is 21.7 Å². The molecule has 0 radical (unpaired) electrons. The van der Waals surface area contributed by atoms with Crippen molar-refractivity contribution in [3.05, 3.63) is 574 Å². The van der Waals surface area contributed by atoms with E-state index in [1.54, 1.807) is 0 Å². The number of hydrogen-bond donors (Lipinski definition) is 0. The summed E-state index contributed by atoms with van der Waals surface area (Å²) in [5.41, 5.74) is 42.2. The van der Waals surface area contributed by atoms with Crippen LogP contribution in [-0.4, -0.2) is 29.9 Å². The van der Waals surface area contributed by atoms with Crippen molar-refractivity contribution in [2.24, 2.45) is 0 Å². The molecule has 21 aromatic carbocycles. The van der Waals surface area contributed by atoms with Gasteiger partial charge in [0.25, 0.3) is 0 Å². The number of hydrogen-bond acceptors (Lipinski definition) is 6. The van der Waals surface area contributed by atoms with Crippen molar-refractivity contribution in [3.63, 3.8) is 0 Å². The molecule has 23 aromatic rings. The first-order valence-corrected chi connectivity index (χ1v) is 47.7. The molecule has 0 unspecified atom stereocenters. The van der Waals surface area contributed by atoms with Gasteiger partial charge in [-0.2, -0.15) is 0 Å². The molecule has 2 heterocycles. The van der Waals surface area contributed by atoms with Crippen molar-refractivity contribution in [2.45, 2.75) is 21.7 Å².